The zero-order valence-corrected chi connectivity index (χ0v) is 17.7. The number of amides is 1. The van der Waals surface area contributed by atoms with Gasteiger partial charge in [-0.05, 0) is 56.7 Å². The zero-order chi connectivity index (χ0) is 20.8. The van der Waals surface area contributed by atoms with Crippen LogP contribution < -0.4 is 5.32 Å². The van der Waals surface area contributed by atoms with E-state index < -0.39 is 0 Å². The van der Waals surface area contributed by atoms with Gasteiger partial charge in [0.2, 0.25) is 5.91 Å². The highest BCUT2D eigenvalue weighted by molar-refractivity contribution is 5.90. The second-order valence-electron chi connectivity index (χ2n) is 8.95. The Bertz CT molecular complexity index is 830. The number of rotatable bonds is 7. The molecule has 2 aliphatic rings. The molecular formula is C24H33FN4O. The van der Waals surface area contributed by atoms with Crippen LogP contribution >= 0.6 is 0 Å². The minimum Gasteiger partial charge on any atom is -0.324 e. The van der Waals surface area contributed by atoms with Crippen molar-refractivity contribution in [1.82, 2.24) is 15.1 Å². The fourth-order valence-corrected chi connectivity index (χ4v) is 5.07. The normalized spacial score (nSPS) is 20.9. The van der Waals surface area contributed by atoms with Crippen molar-refractivity contribution in [2.75, 3.05) is 18.4 Å². The van der Waals surface area contributed by atoms with Crippen molar-refractivity contribution in [3.8, 4) is 0 Å². The number of hydrogen-bond donors (Lipinski definition) is 2. The van der Waals surface area contributed by atoms with Crippen molar-refractivity contribution < 1.29 is 9.18 Å². The number of carbonyl (C=O) groups excluding carboxylic acids is 1. The summed E-state index contributed by atoms with van der Waals surface area (Å²) in [4.78, 5) is 14.8. The molecule has 1 aromatic heterocycles. The SMILES string of the molecule is O=C(CC[C@@H]1CCCN(Cc2cn[nH]c2C2CCCCC2)C1)Nc1ccccc1F. The first-order valence-corrected chi connectivity index (χ1v) is 11.5. The molecule has 1 aromatic carbocycles. The second kappa shape index (κ2) is 10.2. The van der Waals surface area contributed by atoms with E-state index in [9.17, 15) is 9.18 Å². The minimum atomic E-state index is -0.386. The van der Waals surface area contributed by atoms with Gasteiger partial charge < -0.3 is 5.32 Å². The third-order valence-corrected chi connectivity index (χ3v) is 6.69. The number of carbonyl (C=O) groups is 1. The van der Waals surface area contributed by atoms with E-state index in [1.54, 1.807) is 18.2 Å². The summed E-state index contributed by atoms with van der Waals surface area (Å²) >= 11 is 0. The molecule has 0 radical (unpaired) electrons. The highest BCUT2D eigenvalue weighted by atomic mass is 19.1. The number of nitrogens with one attached hydrogen (secondary N) is 2. The van der Waals surface area contributed by atoms with E-state index in [1.807, 2.05) is 6.20 Å². The van der Waals surface area contributed by atoms with E-state index in [2.05, 4.69) is 20.4 Å². The van der Waals surface area contributed by atoms with Crippen molar-refractivity contribution in [1.29, 1.82) is 0 Å². The number of para-hydroxylation sites is 1. The molecule has 2 heterocycles. The van der Waals surface area contributed by atoms with Crippen molar-refractivity contribution >= 4 is 11.6 Å². The molecule has 4 rings (SSSR count). The van der Waals surface area contributed by atoms with Gasteiger partial charge in [0.15, 0.2) is 0 Å². The molecule has 1 saturated heterocycles. The first-order chi connectivity index (χ1) is 14.7. The molecule has 2 aromatic rings. The number of aromatic amines is 1. The molecule has 162 valence electrons. The lowest BCUT2D eigenvalue weighted by Crippen LogP contribution is -2.35. The van der Waals surface area contributed by atoms with E-state index in [0.29, 0.717) is 18.3 Å². The van der Waals surface area contributed by atoms with Crippen LogP contribution in [-0.2, 0) is 11.3 Å². The number of H-pyrrole nitrogens is 1. The molecule has 1 aliphatic carbocycles. The number of aromatic nitrogens is 2. The number of nitrogens with zero attached hydrogens (tertiary/aromatic N) is 2. The van der Waals surface area contributed by atoms with Crippen LogP contribution in [0.4, 0.5) is 10.1 Å². The molecule has 2 N–H and O–H groups in total. The summed E-state index contributed by atoms with van der Waals surface area (Å²) in [7, 11) is 0. The molecule has 1 aliphatic heterocycles. The number of benzene rings is 1. The topological polar surface area (TPSA) is 61.0 Å². The number of piperidine rings is 1. The van der Waals surface area contributed by atoms with E-state index in [0.717, 1.165) is 38.9 Å². The molecule has 30 heavy (non-hydrogen) atoms. The Morgan fingerprint density at radius 1 is 1.17 bits per heavy atom. The molecule has 5 nitrogen and oxygen atoms in total. The summed E-state index contributed by atoms with van der Waals surface area (Å²) in [5.74, 6) is 0.657. The Hall–Kier alpha value is -2.21. The predicted octanol–water partition coefficient (Wildman–Crippen LogP) is 5.23. The fourth-order valence-electron chi connectivity index (χ4n) is 5.07. The lowest BCUT2D eigenvalue weighted by molar-refractivity contribution is -0.116. The summed E-state index contributed by atoms with van der Waals surface area (Å²) in [6.07, 6.45) is 12.2. The molecule has 0 bridgehead atoms. The second-order valence-corrected chi connectivity index (χ2v) is 8.95. The lowest BCUT2D eigenvalue weighted by Gasteiger charge is -2.33. The Kier molecular flexibility index (Phi) is 7.16. The summed E-state index contributed by atoms with van der Waals surface area (Å²) in [6, 6.07) is 6.33. The average Bonchev–Trinajstić information content (AvgIpc) is 3.23. The predicted molar refractivity (Wildman–Crippen MR) is 117 cm³/mol. The van der Waals surface area contributed by atoms with Crippen molar-refractivity contribution in [3.05, 3.63) is 47.5 Å². The smallest absolute Gasteiger partial charge is 0.224 e. The Balaban J connectivity index is 1.26. The van der Waals surface area contributed by atoms with Crippen LogP contribution in [0.5, 0.6) is 0 Å². The van der Waals surface area contributed by atoms with Crippen LogP contribution in [-0.4, -0.2) is 34.1 Å². The van der Waals surface area contributed by atoms with Crippen molar-refractivity contribution in [2.45, 2.75) is 70.3 Å². The quantitative estimate of drug-likeness (QED) is 0.655. The first kappa shape index (κ1) is 21.0. The number of halogens is 1. The highest BCUT2D eigenvalue weighted by Crippen LogP contribution is 2.34. The van der Waals surface area contributed by atoms with Gasteiger partial charge in [0, 0.05) is 36.7 Å². The molecule has 1 amide bonds. The monoisotopic (exact) mass is 412 g/mol. The molecular weight excluding hydrogens is 379 g/mol. The molecule has 6 heteroatoms. The third kappa shape index (κ3) is 5.48. The van der Waals surface area contributed by atoms with E-state index in [-0.39, 0.29) is 17.4 Å². The summed E-state index contributed by atoms with van der Waals surface area (Å²) in [6.45, 7) is 3.07. The molecule has 1 atom stereocenters. The molecule has 1 saturated carbocycles. The molecule has 2 fully saturated rings. The first-order valence-electron chi connectivity index (χ1n) is 11.5. The summed E-state index contributed by atoms with van der Waals surface area (Å²) < 4.78 is 13.7. The maximum atomic E-state index is 13.7. The zero-order valence-electron chi connectivity index (χ0n) is 17.7. The van der Waals surface area contributed by atoms with Gasteiger partial charge in [-0.15, -0.1) is 0 Å². The lowest BCUT2D eigenvalue weighted by atomic mass is 9.85. The molecule has 0 unspecified atom stereocenters. The van der Waals surface area contributed by atoms with Gasteiger partial charge in [-0.3, -0.25) is 14.8 Å². The van der Waals surface area contributed by atoms with Crippen molar-refractivity contribution in [2.24, 2.45) is 5.92 Å². The third-order valence-electron chi connectivity index (χ3n) is 6.69. The Labute approximate surface area is 178 Å². The minimum absolute atomic E-state index is 0.105. The maximum absolute atomic E-state index is 13.7. The highest BCUT2D eigenvalue weighted by Gasteiger charge is 2.24. The van der Waals surface area contributed by atoms with Gasteiger partial charge in [-0.2, -0.15) is 5.10 Å². The largest absolute Gasteiger partial charge is 0.324 e. The van der Waals surface area contributed by atoms with Crippen LogP contribution in [0.1, 0.15) is 75.0 Å². The van der Waals surface area contributed by atoms with Crippen molar-refractivity contribution in [3.63, 3.8) is 0 Å². The summed E-state index contributed by atoms with van der Waals surface area (Å²) in [5, 5.41) is 10.3. The summed E-state index contributed by atoms with van der Waals surface area (Å²) in [5.41, 5.74) is 2.96. The average molecular weight is 413 g/mol. The van der Waals surface area contributed by atoms with Gasteiger partial charge in [0.25, 0.3) is 0 Å². The number of anilines is 1. The number of hydrogen-bond acceptors (Lipinski definition) is 3. The van der Waals surface area contributed by atoms with Gasteiger partial charge in [0.05, 0.1) is 11.9 Å². The van der Waals surface area contributed by atoms with Gasteiger partial charge in [0.1, 0.15) is 5.82 Å². The van der Waals surface area contributed by atoms with Crippen LogP contribution in [0.15, 0.2) is 30.5 Å². The maximum Gasteiger partial charge on any atom is 0.224 e. The van der Waals surface area contributed by atoms with Gasteiger partial charge in [-0.25, -0.2) is 4.39 Å². The Morgan fingerprint density at radius 3 is 2.83 bits per heavy atom. The van der Waals surface area contributed by atoms with Gasteiger partial charge >= 0.3 is 0 Å². The van der Waals surface area contributed by atoms with Crippen LogP contribution in [0.3, 0.4) is 0 Å². The van der Waals surface area contributed by atoms with E-state index >= 15 is 0 Å². The van der Waals surface area contributed by atoms with Gasteiger partial charge in [-0.1, -0.05) is 31.4 Å². The number of likely N-dealkylation sites (tertiary alicyclic amines) is 1. The Morgan fingerprint density at radius 2 is 2.00 bits per heavy atom. The fraction of sp³-hybridized carbons (Fsp3) is 0.583. The van der Waals surface area contributed by atoms with Crippen LogP contribution in [0.25, 0.3) is 0 Å². The van der Waals surface area contributed by atoms with E-state index in [1.165, 1.54) is 49.4 Å². The standard InChI is InChI=1S/C24H33FN4O/c25-21-10-4-5-11-22(21)27-23(30)13-12-18-7-6-14-29(16-18)17-20-15-26-28-24(20)19-8-2-1-3-9-19/h4-5,10-11,15,18-19H,1-3,6-9,12-14,16-17H2,(H,26,28)(H,27,30)/t18-/m0/s1. The van der Waals surface area contributed by atoms with E-state index in [4.69, 9.17) is 0 Å². The van der Waals surface area contributed by atoms with Crippen LogP contribution in [0.2, 0.25) is 0 Å². The molecule has 0 spiro atoms. The van der Waals surface area contributed by atoms with Crippen LogP contribution in [0, 0.1) is 11.7 Å².